The minimum Gasteiger partial charge on any atom is -0.312 e. The van der Waals surface area contributed by atoms with Crippen LogP contribution in [0.4, 0.5) is 4.39 Å². The SMILES string of the molecule is CC1CCCCC1CNCc1ccc(F)cc1Br. The Kier molecular flexibility index (Phi) is 5.19. The van der Waals surface area contributed by atoms with E-state index in [4.69, 9.17) is 0 Å². The van der Waals surface area contributed by atoms with Crippen LogP contribution >= 0.6 is 15.9 Å². The third kappa shape index (κ3) is 3.79. The molecule has 2 atom stereocenters. The molecule has 1 N–H and O–H groups in total. The Morgan fingerprint density at radius 3 is 2.83 bits per heavy atom. The maximum absolute atomic E-state index is 13.0. The van der Waals surface area contributed by atoms with E-state index in [1.807, 2.05) is 6.07 Å². The van der Waals surface area contributed by atoms with Crippen LogP contribution in [0.1, 0.15) is 38.2 Å². The summed E-state index contributed by atoms with van der Waals surface area (Å²) >= 11 is 3.41. The first-order valence-electron chi connectivity index (χ1n) is 6.81. The standard InChI is InChI=1S/C15H21BrFN/c1-11-4-2-3-5-12(11)9-18-10-13-6-7-14(17)8-15(13)16/h6-8,11-12,18H,2-5,9-10H2,1H3. The normalized spacial score (nSPS) is 24.2. The molecule has 0 spiro atoms. The van der Waals surface area contributed by atoms with Crippen molar-refractivity contribution in [3.05, 3.63) is 34.1 Å². The van der Waals surface area contributed by atoms with Crippen LogP contribution in [0.2, 0.25) is 0 Å². The molecule has 1 fully saturated rings. The summed E-state index contributed by atoms with van der Waals surface area (Å²) in [6.07, 6.45) is 5.48. The summed E-state index contributed by atoms with van der Waals surface area (Å²) in [5.74, 6) is 1.45. The topological polar surface area (TPSA) is 12.0 Å². The van der Waals surface area contributed by atoms with Crippen molar-refractivity contribution < 1.29 is 4.39 Å². The molecule has 2 unspecified atom stereocenters. The Labute approximate surface area is 117 Å². The lowest BCUT2D eigenvalue weighted by Crippen LogP contribution is -2.29. The second-order valence-corrected chi connectivity index (χ2v) is 6.24. The van der Waals surface area contributed by atoms with Crippen LogP contribution in [-0.4, -0.2) is 6.54 Å². The average molecular weight is 314 g/mol. The van der Waals surface area contributed by atoms with Crippen molar-refractivity contribution in [1.29, 1.82) is 0 Å². The summed E-state index contributed by atoms with van der Waals surface area (Å²) in [4.78, 5) is 0. The van der Waals surface area contributed by atoms with Crippen LogP contribution in [0.5, 0.6) is 0 Å². The first kappa shape index (κ1) is 14.0. The van der Waals surface area contributed by atoms with E-state index >= 15 is 0 Å². The number of hydrogen-bond donors (Lipinski definition) is 1. The zero-order valence-corrected chi connectivity index (χ0v) is 12.5. The van der Waals surface area contributed by atoms with Gasteiger partial charge >= 0.3 is 0 Å². The van der Waals surface area contributed by atoms with E-state index < -0.39 is 0 Å². The summed E-state index contributed by atoms with van der Waals surface area (Å²) in [5.41, 5.74) is 1.12. The molecule has 1 aromatic rings. The predicted octanol–water partition coefficient (Wildman–Crippen LogP) is 4.50. The van der Waals surface area contributed by atoms with Gasteiger partial charge in [-0.1, -0.05) is 48.2 Å². The fraction of sp³-hybridized carbons (Fsp3) is 0.600. The molecule has 1 aliphatic rings. The van der Waals surface area contributed by atoms with Crippen molar-refractivity contribution in [2.45, 2.75) is 39.2 Å². The predicted molar refractivity (Wildman–Crippen MR) is 76.9 cm³/mol. The van der Waals surface area contributed by atoms with E-state index in [9.17, 15) is 4.39 Å². The molecule has 0 saturated heterocycles. The van der Waals surface area contributed by atoms with Crippen LogP contribution in [-0.2, 0) is 6.54 Å². The minimum atomic E-state index is -0.188. The molecule has 0 heterocycles. The number of halogens is 2. The summed E-state index contributed by atoms with van der Waals surface area (Å²) < 4.78 is 13.8. The maximum Gasteiger partial charge on any atom is 0.124 e. The lowest BCUT2D eigenvalue weighted by molar-refractivity contribution is 0.247. The van der Waals surface area contributed by atoms with Gasteiger partial charge in [-0.25, -0.2) is 4.39 Å². The van der Waals surface area contributed by atoms with Gasteiger partial charge in [-0.05, 0) is 42.5 Å². The first-order chi connectivity index (χ1) is 8.66. The number of nitrogens with one attached hydrogen (secondary N) is 1. The molecule has 1 saturated carbocycles. The fourth-order valence-electron chi connectivity index (χ4n) is 2.75. The molecule has 18 heavy (non-hydrogen) atoms. The van der Waals surface area contributed by atoms with Gasteiger partial charge in [0.25, 0.3) is 0 Å². The van der Waals surface area contributed by atoms with Crippen LogP contribution < -0.4 is 5.32 Å². The van der Waals surface area contributed by atoms with Crippen molar-refractivity contribution in [3.8, 4) is 0 Å². The quantitative estimate of drug-likeness (QED) is 0.862. The van der Waals surface area contributed by atoms with Crippen LogP contribution in [0.3, 0.4) is 0 Å². The highest BCUT2D eigenvalue weighted by atomic mass is 79.9. The van der Waals surface area contributed by atoms with E-state index in [0.29, 0.717) is 0 Å². The molecule has 0 aliphatic heterocycles. The van der Waals surface area contributed by atoms with Gasteiger partial charge in [-0.2, -0.15) is 0 Å². The molecule has 100 valence electrons. The molecule has 1 aromatic carbocycles. The van der Waals surface area contributed by atoms with Gasteiger partial charge in [0.1, 0.15) is 5.82 Å². The fourth-order valence-corrected chi connectivity index (χ4v) is 3.24. The maximum atomic E-state index is 13.0. The molecule has 0 amide bonds. The van der Waals surface area contributed by atoms with Crippen molar-refractivity contribution >= 4 is 15.9 Å². The average Bonchev–Trinajstić information content (AvgIpc) is 2.34. The molecule has 1 aliphatic carbocycles. The highest BCUT2D eigenvalue weighted by molar-refractivity contribution is 9.10. The van der Waals surface area contributed by atoms with Crippen molar-refractivity contribution in [2.75, 3.05) is 6.54 Å². The number of benzene rings is 1. The van der Waals surface area contributed by atoms with Crippen LogP contribution in [0.25, 0.3) is 0 Å². The van der Waals surface area contributed by atoms with E-state index in [1.54, 1.807) is 0 Å². The molecule has 3 heteroatoms. The lowest BCUT2D eigenvalue weighted by atomic mass is 9.80. The monoisotopic (exact) mass is 313 g/mol. The van der Waals surface area contributed by atoms with Gasteiger partial charge in [0.05, 0.1) is 0 Å². The summed E-state index contributed by atoms with van der Waals surface area (Å²) in [7, 11) is 0. The second kappa shape index (κ2) is 6.67. The first-order valence-corrected chi connectivity index (χ1v) is 7.61. The molecule has 0 radical (unpaired) electrons. The van der Waals surface area contributed by atoms with Crippen LogP contribution in [0.15, 0.2) is 22.7 Å². The highest BCUT2D eigenvalue weighted by Crippen LogP contribution is 2.29. The molecule has 0 aromatic heterocycles. The number of rotatable bonds is 4. The molecule has 0 bridgehead atoms. The third-order valence-corrected chi connectivity index (χ3v) is 4.76. The highest BCUT2D eigenvalue weighted by Gasteiger charge is 2.20. The molecule has 1 nitrogen and oxygen atoms in total. The van der Waals surface area contributed by atoms with E-state index in [0.717, 1.165) is 35.0 Å². The van der Waals surface area contributed by atoms with Gasteiger partial charge in [0, 0.05) is 11.0 Å². The van der Waals surface area contributed by atoms with Gasteiger partial charge in [0.15, 0.2) is 0 Å². The zero-order valence-electron chi connectivity index (χ0n) is 10.9. The lowest BCUT2D eigenvalue weighted by Gasteiger charge is -2.29. The summed E-state index contributed by atoms with van der Waals surface area (Å²) in [6.45, 7) is 4.24. The van der Waals surface area contributed by atoms with Crippen molar-refractivity contribution in [2.24, 2.45) is 11.8 Å². The Morgan fingerprint density at radius 2 is 2.11 bits per heavy atom. The largest absolute Gasteiger partial charge is 0.312 e. The van der Waals surface area contributed by atoms with Crippen molar-refractivity contribution in [3.63, 3.8) is 0 Å². The molecular weight excluding hydrogens is 293 g/mol. The Bertz CT molecular complexity index is 394. The van der Waals surface area contributed by atoms with E-state index in [1.165, 1.54) is 37.8 Å². The Hall–Kier alpha value is -0.410. The van der Waals surface area contributed by atoms with Crippen molar-refractivity contribution in [1.82, 2.24) is 5.32 Å². The van der Waals surface area contributed by atoms with E-state index in [-0.39, 0.29) is 5.82 Å². The van der Waals surface area contributed by atoms with Gasteiger partial charge in [0.2, 0.25) is 0 Å². The third-order valence-electron chi connectivity index (χ3n) is 4.03. The minimum absolute atomic E-state index is 0.188. The molecule has 2 rings (SSSR count). The van der Waals surface area contributed by atoms with Gasteiger partial charge in [-0.15, -0.1) is 0 Å². The van der Waals surface area contributed by atoms with Crippen LogP contribution in [0, 0.1) is 17.7 Å². The zero-order chi connectivity index (χ0) is 13.0. The number of hydrogen-bond acceptors (Lipinski definition) is 1. The smallest absolute Gasteiger partial charge is 0.124 e. The van der Waals surface area contributed by atoms with Gasteiger partial charge in [-0.3, -0.25) is 0 Å². The Balaban J connectivity index is 1.81. The van der Waals surface area contributed by atoms with E-state index in [2.05, 4.69) is 28.2 Å². The summed E-state index contributed by atoms with van der Waals surface area (Å²) in [5, 5.41) is 3.51. The second-order valence-electron chi connectivity index (χ2n) is 5.39. The Morgan fingerprint density at radius 1 is 1.33 bits per heavy atom. The summed E-state index contributed by atoms with van der Waals surface area (Å²) in [6, 6.07) is 4.89. The van der Waals surface area contributed by atoms with Gasteiger partial charge < -0.3 is 5.32 Å². The molecular formula is C15H21BrFN.